The molecule has 0 aliphatic heterocycles. The Morgan fingerprint density at radius 1 is 1.36 bits per heavy atom. The summed E-state index contributed by atoms with van der Waals surface area (Å²) in [6, 6.07) is 5.22. The lowest BCUT2D eigenvalue weighted by atomic mass is 10.2. The summed E-state index contributed by atoms with van der Waals surface area (Å²) < 4.78 is 16.3. The smallest absolute Gasteiger partial charge is 0.342 e. The number of aliphatic carboxylic acids is 1. The topological polar surface area (TPSA) is 94.7 Å². The molecule has 0 bridgehead atoms. The number of ether oxygens (including phenoxy) is 2. The van der Waals surface area contributed by atoms with Crippen LogP contribution < -0.4 is 9.47 Å². The largest absolute Gasteiger partial charge is 0.493 e. The zero-order valence-electron chi connectivity index (χ0n) is 14.5. The van der Waals surface area contributed by atoms with E-state index >= 15 is 0 Å². The average molecular weight is 364 g/mol. The predicted octanol–water partition coefficient (Wildman–Crippen LogP) is 3.65. The minimum atomic E-state index is -1.08. The Labute approximate surface area is 150 Å². The van der Waals surface area contributed by atoms with Crippen LogP contribution in [-0.2, 0) is 11.2 Å². The van der Waals surface area contributed by atoms with Gasteiger partial charge >= 0.3 is 5.97 Å². The van der Waals surface area contributed by atoms with Gasteiger partial charge in [-0.2, -0.15) is 0 Å². The first-order chi connectivity index (χ1) is 11.9. The van der Waals surface area contributed by atoms with Crippen molar-refractivity contribution in [2.24, 2.45) is 0 Å². The number of hydrogen-bond donors (Lipinski definition) is 1. The molecule has 0 aliphatic carbocycles. The van der Waals surface area contributed by atoms with Crippen LogP contribution in [0, 0.1) is 0 Å². The molecule has 25 heavy (non-hydrogen) atoms. The highest BCUT2D eigenvalue weighted by molar-refractivity contribution is 8.03. The second kappa shape index (κ2) is 8.57. The highest BCUT2D eigenvalue weighted by atomic mass is 32.2. The zero-order chi connectivity index (χ0) is 18.4. The Morgan fingerprint density at radius 3 is 2.68 bits per heavy atom. The van der Waals surface area contributed by atoms with Gasteiger partial charge in [-0.25, -0.2) is 4.79 Å². The van der Waals surface area contributed by atoms with Gasteiger partial charge in [-0.05, 0) is 49.4 Å². The van der Waals surface area contributed by atoms with Gasteiger partial charge in [0.1, 0.15) is 4.91 Å². The first kappa shape index (κ1) is 18.9. The molecular formula is C17H20N2O5S. The van der Waals surface area contributed by atoms with E-state index in [1.165, 1.54) is 13.2 Å². The van der Waals surface area contributed by atoms with Gasteiger partial charge in [-0.3, -0.25) is 0 Å². The van der Waals surface area contributed by atoms with Crippen molar-refractivity contribution in [3.8, 4) is 11.5 Å². The van der Waals surface area contributed by atoms with Crippen molar-refractivity contribution in [2.45, 2.75) is 38.5 Å². The van der Waals surface area contributed by atoms with Gasteiger partial charge in [0.05, 0.1) is 13.2 Å². The fraction of sp³-hybridized carbons (Fsp3) is 0.353. The number of aromatic nitrogens is 2. The molecule has 0 unspecified atom stereocenters. The van der Waals surface area contributed by atoms with Gasteiger partial charge in [-0.15, -0.1) is 10.2 Å². The molecule has 8 heteroatoms. The molecule has 2 rings (SSSR count). The minimum absolute atomic E-state index is 0.00529. The molecule has 0 spiro atoms. The van der Waals surface area contributed by atoms with E-state index in [0.29, 0.717) is 29.4 Å². The maximum Gasteiger partial charge on any atom is 0.342 e. The molecule has 0 amide bonds. The van der Waals surface area contributed by atoms with E-state index < -0.39 is 5.97 Å². The summed E-state index contributed by atoms with van der Waals surface area (Å²) in [5, 5.41) is 17.3. The molecule has 7 nitrogen and oxygen atoms in total. The quantitative estimate of drug-likeness (QED) is 0.560. The Balaban J connectivity index is 2.28. The number of carbonyl (C=O) groups is 1. The minimum Gasteiger partial charge on any atom is -0.493 e. The van der Waals surface area contributed by atoms with Crippen LogP contribution in [0.15, 0.2) is 32.7 Å². The Morgan fingerprint density at radius 2 is 2.12 bits per heavy atom. The highest BCUT2D eigenvalue weighted by Crippen LogP contribution is 2.32. The van der Waals surface area contributed by atoms with Gasteiger partial charge in [0.25, 0.3) is 5.22 Å². The third-order valence-electron chi connectivity index (χ3n) is 3.01. The van der Waals surface area contributed by atoms with Crippen molar-refractivity contribution >= 4 is 23.8 Å². The number of aryl methyl sites for hydroxylation is 1. The van der Waals surface area contributed by atoms with Gasteiger partial charge in [0.2, 0.25) is 5.89 Å². The summed E-state index contributed by atoms with van der Waals surface area (Å²) in [7, 11) is 1.54. The van der Waals surface area contributed by atoms with E-state index in [4.69, 9.17) is 13.9 Å². The van der Waals surface area contributed by atoms with Crippen LogP contribution >= 0.6 is 11.8 Å². The lowest BCUT2D eigenvalue weighted by Gasteiger charge is -2.13. The van der Waals surface area contributed by atoms with Crippen molar-refractivity contribution in [3.63, 3.8) is 0 Å². The van der Waals surface area contributed by atoms with Crippen LogP contribution in [0.1, 0.15) is 32.2 Å². The summed E-state index contributed by atoms with van der Waals surface area (Å²) in [6.07, 6.45) is 2.12. The molecule has 1 N–H and O–H groups in total. The molecule has 2 aromatic rings. The van der Waals surface area contributed by atoms with Gasteiger partial charge < -0.3 is 19.0 Å². The molecule has 0 atom stereocenters. The van der Waals surface area contributed by atoms with Crippen LogP contribution in [0.3, 0.4) is 0 Å². The molecule has 0 saturated heterocycles. The number of nitrogens with zero attached hydrogens (tertiary/aromatic N) is 2. The van der Waals surface area contributed by atoms with Crippen molar-refractivity contribution in [2.75, 3.05) is 7.11 Å². The third-order valence-corrected chi connectivity index (χ3v) is 3.86. The number of hydrogen-bond acceptors (Lipinski definition) is 7. The second-order valence-corrected chi connectivity index (χ2v) is 6.30. The van der Waals surface area contributed by atoms with E-state index in [2.05, 4.69) is 10.2 Å². The highest BCUT2D eigenvalue weighted by Gasteiger charge is 2.15. The maximum atomic E-state index is 11.5. The van der Waals surface area contributed by atoms with E-state index in [1.807, 2.05) is 20.8 Å². The fourth-order valence-electron chi connectivity index (χ4n) is 1.93. The second-order valence-electron chi connectivity index (χ2n) is 5.31. The molecule has 0 aliphatic rings. The SMILES string of the molecule is CCc1nnc(S/C(=C\c2ccc(OC(C)C)c(OC)c2)C(=O)O)o1. The molecule has 1 aromatic carbocycles. The van der Waals surface area contributed by atoms with E-state index in [1.54, 1.807) is 18.2 Å². The van der Waals surface area contributed by atoms with Crippen LogP contribution in [-0.4, -0.2) is 34.5 Å². The summed E-state index contributed by atoms with van der Waals surface area (Å²) in [5.41, 5.74) is 0.660. The Bertz CT molecular complexity index is 770. The van der Waals surface area contributed by atoms with Crippen molar-refractivity contribution in [1.82, 2.24) is 10.2 Å². The summed E-state index contributed by atoms with van der Waals surface area (Å²) in [5.74, 6) is 0.513. The number of carboxylic acids is 1. The molecule has 134 valence electrons. The lowest BCUT2D eigenvalue weighted by Crippen LogP contribution is -2.06. The van der Waals surface area contributed by atoms with Gasteiger partial charge in [0.15, 0.2) is 11.5 Å². The Hall–Kier alpha value is -2.48. The zero-order valence-corrected chi connectivity index (χ0v) is 15.3. The number of carboxylic acid groups (broad SMARTS) is 1. The van der Waals surface area contributed by atoms with Crippen LogP contribution in [0.4, 0.5) is 0 Å². The molecular weight excluding hydrogens is 344 g/mol. The molecule has 1 heterocycles. The molecule has 0 fully saturated rings. The number of thioether (sulfide) groups is 1. The number of benzene rings is 1. The monoisotopic (exact) mass is 364 g/mol. The van der Waals surface area contributed by atoms with E-state index in [0.717, 1.165) is 11.8 Å². The summed E-state index contributed by atoms with van der Waals surface area (Å²) in [4.78, 5) is 11.6. The van der Waals surface area contributed by atoms with Gasteiger partial charge in [-0.1, -0.05) is 13.0 Å². The normalized spacial score (nSPS) is 11.6. The van der Waals surface area contributed by atoms with Gasteiger partial charge in [0, 0.05) is 6.42 Å². The van der Waals surface area contributed by atoms with Crippen LogP contribution in [0.25, 0.3) is 6.08 Å². The van der Waals surface area contributed by atoms with Crippen LogP contribution in [0.2, 0.25) is 0 Å². The number of methoxy groups -OCH3 is 1. The average Bonchev–Trinajstić information content (AvgIpc) is 3.02. The standard InChI is InChI=1S/C17H20N2O5S/c1-5-15-18-19-17(24-15)25-14(16(20)21)9-11-6-7-12(23-10(2)3)13(8-11)22-4/h6-10H,5H2,1-4H3,(H,20,21)/b14-9-. The number of rotatable bonds is 8. The molecule has 0 saturated carbocycles. The lowest BCUT2D eigenvalue weighted by molar-refractivity contribution is -0.131. The predicted molar refractivity (Wildman–Crippen MR) is 93.9 cm³/mol. The molecule has 1 aromatic heterocycles. The fourth-order valence-corrected chi connectivity index (χ4v) is 2.62. The van der Waals surface area contributed by atoms with Crippen molar-refractivity contribution in [1.29, 1.82) is 0 Å². The van der Waals surface area contributed by atoms with Crippen LogP contribution in [0.5, 0.6) is 11.5 Å². The van der Waals surface area contributed by atoms with Crippen molar-refractivity contribution in [3.05, 3.63) is 34.6 Å². The van der Waals surface area contributed by atoms with E-state index in [-0.39, 0.29) is 16.2 Å². The summed E-state index contributed by atoms with van der Waals surface area (Å²) >= 11 is 0.905. The van der Waals surface area contributed by atoms with E-state index in [9.17, 15) is 9.90 Å². The summed E-state index contributed by atoms with van der Waals surface area (Å²) in [6.45, 7) is 5.71. The first-order valence-electron chi connectivity index (χ1n) is 7.72. The maximum absolute atomic E-state index is 11.5. The third kappa shape index (κ3) is 5.25. The first-order valence-corrected chi connectivity index (χ1v) is 8.54. The molecule has 0 radical (unpaired) electrons. The Kier molecular flexibility index (Phi) is 6.46. The van der Waals surface area contributed by atoms with Crippen molar-refractivity contribution < 1.29 is 23.8 Å².